The Balaban J connectivity index is 1.67. The van der Waals surface area contributed by atoms with E-state index in [-0.39, 0.29) is 5.56 Å². The second kappa shape index (κ2) is 5.75. The molecule has 2 aromatic heterocycles. The van der Waals surface area contributed by atoms with Gasteiger partial charge in [-0.2, -0.15) is 5.10 Å². The van der Waals surface area contributed by atoms with Crippen molar-refractivity contribution in [3.05, 3.63) is 40.7 Å². The van der Waals surface area contributed by atoms with Gasteiger partial charge in [0, 0.05) is 38.3 Å². The zero-order chi connectivity index (χ0) is 15.7. The van der Waals surface area contributed by atoms with Crippen LogP contribution in [0, 0.1) is 0 Å². The third-order valence-electron chi connectivity index (χ3n) is 3.96. The topological polar surface area (TPSA) is 78.0 Å². The fourth-order valence-corrected chi connectivity index (χ4v) is 2.48. The van der Waals surface area contributed by atoms with Gasteiger partial charge in [-0.3, -0.25) is 4.79 Å². The molecule has 1 fully saturated rings. The number of H-pyrrole nitrogens is 1. The molecule has 0 aliphatic carbocycles. The monoisotopic (exact) mass is 300 g/mol. The number of hydrogen-bond acceptors (Lipinski definition) is 6. The normalized spacial score (nSPS) is 15.0. The van der Waals surface area contributed by atoms with Gasteiger partial charge in [0.2, 0.25) is 0 Å². The molecule has 0 spiro atoms. The molecule has 116 valence electrons. The number of anilines is 2. The molecule has 0 saturated carbocycles. The van der Waals surface area contributed by atoms with Crippen LogP contribution < -0.4 is 15.4 Å². The van der Waals surface area contributed by atoms with Crippen molar-refractivity contribution < 1.29 is 0 Å². The van der Waals surface area contributed by atoms with Crippen molar-refractivity contribution in [2.24, 2.45) is 0 Å². The number of nitrogens with one attached hydrogen (secondary N) is 1. The van der Waals surface area contributed by atoms with Crippen LogP contribution >= 0.6 is 0 Å². The summed E-state index contributed by atoms with van der Waals surface area (Å²) in [5.41, 5.74) is 0.686. The average Bonchev–Trinajstić information content (AvgIpc) is 2.46. The van der Waals surface area contributed by atoms with Crippen molar-refractivity contribution in [1.29, 1.82) is 0 Å². The highest BCUT2D eigenvalue weighted by Gasteiger charge is 2.31. The van der Waals surface area contributed by atoms with Crippen molar-refractivity contribution in [2.45, 2.75) is 25.8 Å². The predicted molar refractivity (Wildman–Crippen MR) is 85.4 cm³/mol. The molecule has 1 aliphatic rings. The number of hydrogen-bond donors (Lipinski definition) is 1. The average molecular weight is 300 g/mol. The second-order valence-electron chi connectivity index (χ2n) is 5.90. The summed E-state index contributed by atoms with van der Waals surface area (Å²) in [6.45, 7) is 5.87. The van der Waals surface area contributed by atoms with E-state index in [0.29, 0.717) is 12.0 Å². The van der Waals surface area contributed by atoms with Crippen LogP contribution in [-0.4, -0.2) is 46.3 Å². The van der Waals surface area contributed by atoms with E-state index >= 15 is 0 Å². The Morgan fingerprint density at radius 1 is 1.41 bits per heavy atom. The maximum Gasteiger partial charge on any atom is 0.266 e. The van der Waals surface area contributed by atoms with E-state index in [9.17, 15) is 4.79 Å². The summed E-state index contributed by atoms with van der Waals surface area (Å²) >= 11 is 0. The van der Waals surface area contributed by atoms with E-state index in [1.807, 2.05) is 19.3 Å². The molecule has 0 bridgehead atoms. The summed E-state index contributed by atoms with van der Waals surface area (Å²) in [5, 5.41) is 6.22. The van der Waals surface area contributed by atoms with Crippen molar-refractivity contribution in [1.82, 2.24) is 20.2 Å². The SMILES string of the molecule is CC(C)c1nccc(N(C)C2CN(c3cn[nH]c(=O)c3)C2)n1. The summed E-state index contributed by atoms with van der Waals surface area (Å²) in [7, 11) is 2.05. The largest absolute Gasteiger partial charge is 0.366 e. The Kier molecular flexibility index (Phi) is 3.79. The van der Waals surface area contributed by atoms with E-state index in [4.69, 9.17) is 0 Å². The molecule has 7 heteroatoms. The molecule has 7 nitrogen and oxygen atoms in total. The third-order valence-corrected chi connectivity index (χ3v) is 3.96. The lowest BCUT2D eigenvalue weighted by atomic mass is 10.1. The minimum atomic E-state index is -0.174. The summed E-state index contributed by atoms with van der Waals surface area (Å²) in [5.74, 6) is 2.11. The standard InChI is InChI=1S/C15H20N6O/c1-10(2)15-16-5-4-13(18-15)20(3)12-8-21(9-12)11-6-14(22)19-17-7-11/h4-7,10,12H,8-9H2,1-3H3,(H,19,22). The number of likely N-dealkylation sites (N-methyl/N-ethyl adjacent to an activating group) is 1. The summed E-state index contributed by atoms with van der Waals surface area (Å²) < 4.78 is 0. The van der Waals surface area contributed by atoms with Gasteiger partial charge in [-0.25, -0.2) is 15.1 Å². The highest BCUT2D eigenvalue weighted by molar-refractivity contribution is 5.50. The van der Waals surface area contributed by atoms with Crippen LogP contribution in [0.2, 0.25) is 0 Å². The fraction of sp³-hybridized carbons (Fsp3) is 0.467. The molecule has 0 amide bonds. The van der Waals surface area contributed by atoms with Crippen molar-refractivity contribution in [3.63, 3.8) is 0 Å². The number of aromatic nitrogens is 4. The first-order valence-corrected chi connectivity index (χ1v) is 7.40. The molecule has 0 radical (unpaired) electrons. The molecule has 22 heavy (non-hydrogen) atoms. The van der Waals surface area contributed by atoms with Crippen LogP contribution in [0.25, 0.3) is 0 Å². The van der Waals surface area contributed by atoms with E-state index in [1.165, 1.54) is 0 Å². The number of rotatable bonds is 4. The lowest BCUT2D eigenvalue weighted by molar-refractivity contribution is 0.491. The molecule has 3 rings (SSSR count). The zero-order valence-electron chi connectivity index (χ0n) is 13.0. The van der Waals surface area contributed by atoms with E-state index in [2.05, 4.69) is 43.8 Å². The molecular weight excluding hydrogens is 280 g/mol. The first-order valence-electron chi connectivity index (χ1n) is 7.40. The Morgan fingerprint density at radius 3 is 2.86 bits per heavy atom. The smallest absolute Gasteiger partial charge is 0.266 e. The molecule has 1 N–H and O–H groups in total. The van der Waals surface area contributed by atoms with Gasteiger partial charge in [-0.15, -0.1) is 0 Å². The van der Waals surface area contributed by atoms with E-state index in [1.54, 1.807) is 12.3 Å². The van der Waals surface area contributed by atoms with Gasteiger partial charge in [0.05, 0.1) is 17.9 Å². The minimum Gasteiger partial charge on any atom is -0.366 e. The van der Waals surface area contributed by atoms with Gasteiger partial charge in [0.25, 0.3) is 5.56 Å². The van der Waals surface area contributed by atoms with Crippen LogP contribution in [0.4, 0.5) is 11.5 Å². The lowest BCUT2D eigenvalue weighted by Gasteiger charge is -2.45. The van der Waals surface area contributed by atoms with Gasteiger partial charge < -0.3 is 9.80 Å². The predicted octanol–water partition coefficient (Wildman–Crippen LogP) is 1.01. The fourth-order valence-electron chi connectivity index (χ4n) is 2.48. The van der Waals surface area contributed by atoms with E-state index < -0.39 is 0 Å². The molecule has 3 heterocycles. The Morgan fingerprint density at radius 2 is 2.18 bits per heavy atom. The van der Waals surface area contributed by atoms with Gasteiger partial charge in [-0.05, 0) is 6.07 Å². The van der Waals surface area contributed by atoms with E-state index in [0.717, 1.165) is 30.4 Å². The third kappa shape index (κ3) is 2.79. The molecule has 1 aliphatic heterocycles. The first kappa shape index (κ1) is 14.5. The minimum absolute atomic E-state index is 0.174. The van der Waals surface area contributed by atoms with Crippen LogP contribution in [0.15, 0.2) is 29.3 Å². The lowest BCUT2D eigenvalue weighted by Crippen LogP contribution is -2.59. The van der Waals surface area contributed by atoms with Gasteiger partial charge >= 0.3 is 0 Å². The molecule has 0 unspecified atom stereocenters. The molecular formula is C15H20N6O. The zero-order valence-corrected chi connectivity index (χ0v) is 13.0. The Labute approximate surface area is 129 Å². The molecule has 0 atom stereocenters. The van der Waals surface area contributed by atoms with Gasteiger partial charge in [0.1, 0.15) is 11.6 Å². The second-order valence-corrected chi connectivity index (χ2v) is 5.90. The maximum atomic E-state index is 11.3. The number of aromatic amines is 1. The Bertz CT molecular complexity index is 707. The first-order chi connectivity index (χ1) is 10.5. The van der Waals surface area contributed by atoms with Crippen LogP contribution in [0.5, 0.6) is 0 Å². The quantitative estimate of drug-likeness (QED) is 0.908. The van der Waals surface area contributed by atoms with Crippen molar-refractivity contribution >= 4 is 11.5 Å². The van der Waals surface area contributed by atoms with Crippen LogP contribution in [0.3, 0.4) is 0 Å². The summed E-state index contributed by atoms with van der Waals surface area (Å²) in [4.78, 5) is 24.5. The number of nitrogens with zero attached hydrogens (tertiary/aromatic N) is 5. The van der Waals surface area contributed by atoms with Gasteiger partial charge in [-0.1, -0.05) is 13.8 Å². The van der Waals surface area contributed by atoms with Crippen LogP contribution in [-0.2, 0) is 0 Å². The van der Waals surface area contributed by atoms with Crippen molar-refractivity contribution in [3.8, 4) is 0 Å². The maximum absolute atomic E-state index is 11.3. The van der Waals surface area contributed by atoms with Crippen LogP contribution in [0.1, 0.15) is 25.6 Å². The highest BCUT2D eigenvalue weighted by Crippen LogP contribution is 2.24. The molecule has 0 aromatic carbocycles. The molecule has 1 saturated heterocycles. The molecule has 2 aromatic rings. The summed E-state index contributed by atoms with van der Waals surface area (Å²) in [6, 6.07) is 3.88. The summed E-state index contributed by atoms with van der Waals surface area (Å²) in [6.07, 6.45) is 3.49. The van der Waals surface area contributed by atoms with Gasteiger partial charge in [0.15, 0.2) is 0 Å². The van der Waals surface area contributed by atoms with Crippen molar-refractivity contribution in [2.75, 3.05) is 29.9 Å². The Hall–Kier alpha value is -2.44. The highest BCUT2D eigenvalue weighted by atomic mass is 16.1.